The van der Waals surface area contributed by atoms with Crippen LogP contribution in [0.3, 0.4) is 0 Å². The van der Waals surface area contributed by atoms with Crippen LogP contribution in [0.15, 0.2) is 0 Å². The minimum absolute atomic E-state index is 0.406. The predicted molar refractivity (Wildman–Crippen MR) is 67.7 cm³/mol. The lowest BCUT2D eigenvalue weighted by atomic mass is 10.3. The van der Waals surface area contributed by atoms with Gasteiger partial charge in [-0.1, -0.05) is 13.8 Å². The van der Waals surface area contributed by atoms with Crippen molar-refractivity contribution in [1.82, 2.24) is 15.2 Å². The summed E-state index contributed by atoms with van der Waals surface area (Å²) in [6, 6.07) is 0. The van der Waals surface area contributed by atoms with Gasteiger partial charge >= 0.3 is 0 Å². The van der Waals surface area contributed by atoms with Crippen molar-refractivity contribution in [3.63, 3.8) is 0 Å². The van der Waals surface area contributed by atoms with Gasteiger partial charge in [-0.25, -0.2) is 4.98 Å². The molecule has 1 saturated heterocycles. The van der Waals surface area contributed by atoms with E-state index in [1.807, 2.05) is 23.5 Å². The second-order valence-corrected chi connectivity index (χ2v) is 6.90. The summed E-state index contributed by atoms with van der Waals surface area (Å²) < 4.78 is 0. The molecule has 2 heterocycles. The topological polar surface area (TPSA) is 41.6 Å². The van der Waals surface area contributed by atoms with Gasteiger partial charge in [0.15, 0.2) is 5.82 Å². The minimum Gasteiger partial charge on any atom is -0.262 e. The highest BCUT2D eigenvalue weighted by Crippen LogP contribution is 2.43. The predicted octanol–water partition coefficient (Wildman–Crippen LogP) is 2.84. The summed E-state index contributed by atoms with van der Waals surface area (Å²) in [5.41, 5.74) is 0. The van der Waals surface area contributed by atoms with Crippen molar-refractivity contribution in [2.24, 2.45) is 0 Å². The van der Waals surface area contributed by atoms with E-state index in [1.54, 1.807) is 0 Å². The zero-order chi connectivity index (χ0) is 10.8. The molecule has 84 valence electrons. The van der Waals surface area contributed by atoms with E-state index in [0.29, 0.717) is 16.4 Å². The number of halogens is 1. The quantitative estimate of drug-likeness (QED) is 0.834. The fourth-order valence-corrected chi connectivity index (χ4v) is 4.40. The van der Waals surface area contributed by atoms with E-state index in [1.165, 1.54) is 0 Å². The van der Waals surface area contributed by atoms with Gasteiger partial charge in [-0.3, -0.25) is 5.10 Å². The molecule has 0 saturated carbocycles. The summed E-state index contributed by atoms with van der Waals surface area (Å²) in [4.78, 5) is 4.38. The van der Waals surface area contributed by atoms with E-state index in [4.69, 9.17) is 11.6 Å². The maximum absolute atomic E-state index is 5.69. The maximum atomic E-state index is 5.69. The molecule has 1 aromatic heterocycles. The number of hydrogen-bond donors (Lipinski definition) is 1. The monoisotopic (exact) mass is 263 g/mol. The number of aromatic amines is 1. The van der Waals surface area contributed by atoms with Crippen LogP contribution in [0.1, 0.15) is 30.7 Å². The molecule has 6 heteroatoms. The molecule has 0 amide bonds. The second kappa shape index (κ2) is 4.97. The fraction of sp³-hybridized carbons (Fsp3) is 0.778. The zero-order valence-corrected chi connectivity index (χ0v) is 11.1. The maximum Gasteiger partial charge on any atom is 0.164 e. The Kier molecular flexibility index (Phi) is 3.85. The normalized spacial score (nSPS) is 31.8. The Morgan fingerprint density at radius 2 is 2.27 bits per heavy atom. The van der Waals surface area contributed by atoms with Gasteiger partial charge in [0, 0.05) is 16.3 Å². The summed E-state index contributed by atoms with van der Waals surface area (Å²) in [7, 11) is 0. The number of nitrogens with one attached hydrogen (secondary N) is 1. The SMILES string of the molecule is CC1SCC(c2n[nH]c(CCl)n2)SC1C. The van der Waals surface area contributed by atoms with Gasteiger partial charge in [-0.15, -0.1) is 23.4 Å². The first kappa shape index (κ1) is 11.6. The lowest BCUT2D eigenvalue weighted by Crippen LogP contribution is -2.22. The van der Waals surface area contributed by atoms with Crippen LogP contribution >= 0.6 is 35.1 Å². The minimum atomic E-state index is 0.406. The molecular formula is C9H14ClN3S2. The third-order valence-corrected chi connectivity index (χ3v) is 6.15. The molecule has 1 N–H and O–H groups in total. The number of aromatic nitrogens is 3. The summed E-state index contributed by atoms with van der Waals surface area (Å²) in [6.45, 7) is 4.55. The van der Waals surface area contributed by atoms with E-state index in [9.17, 15) is 0 Å². The Balaban J connectivity index is 2.05. The smallest absolute Gasteiger partial charge is 0.164 e. The first-order valence-corrected chi connectivity index (χ1v) is 7.47. The molecule has 0 spiro atoms. The molecule has 2 rings (SSSR count). The van der Waals surface area contributed by atoms with E-state index in [0.717, 1.165) is 22.7 Å². The highest BCUT2D eigenvalue weighted by Gasteiger charge is 2.29. The first-order chi connectivity index (χ1) is 7.20. The molecule has 15 heavy (non-hydrogen) atoms. The molecule has 1 aromatic rings. The van der Waals surface area contributed by atoms with Crippen LogP contribution in [-0.2, 0) is 5.88 Å². The molecule has 0 aliphatic carbocycles. The largest absolute Gasteiger partial charge is 0.262 e. The standard InChI is InChI=1S/C9H14ClN3S2/c1-5-6(2)15-7(4-14-5)9-11-8(3-10)12-13-9/h5-7H,3-4H2,1-2H3,(H,11,12,13). The Morgan fingerprint density at radius 1 is 1.47 bits per heavy atom. The number of nitrogens with zero attached hydrogens (tertiary/aromatic N) is 2. The van der Waals surface area contributed by atoms with Crippen molar-refractivity contribution in [1.29, 1.82) is 0 Å². The molecule has 1 aliphatic heterocycles. The van der Waals surface area contributed by atoms with E-state index in [2.05, 4.69) is 29.0 Å². The van der Waals surface area contributed by atoms with Crippen LogP contribution in [0.2, 0.25) is 0 Å². The van der Waals surface area contributed by atoms with Crippen LogP contribution < -0.4 is 0 Å². The summed E-state index contributed by atoms with van der Waals surface area (Å²) >= 11 is 9.65. The Hall–Kier alpha value is 0.130. The molecule has 3 atom stereocenters. The van der Waals surface area contributed by atoms with E-state index < -0.39 is 0 Å². The second-order valence-electron chi connectivity index (χ2n) is 3.64. The van der Waals surface area contributed by atoms with E-state index >= 15 is 0 Å². The summed E-state index contributed by atoms with van der Waals surface area (Å²) in [6.07, 6.45) is 0. The van der Waals surface area contributed by atoms with Crippen molar-refractivity contribution in [2.75, 3.05) is 5.75 Å². The molecule has 1 aliphatic rings. The van der Waals surface area contributed by atoms with Gasteiger partial charge in [-0.2, -0.15) is 16.9 Å². The fourth-order valence-electron chi connectivity index (χ4n) is 1.43. The molecule has 0 bridgehead atoms. The Bertz CT molecular complexity index is 331. The van der Waals surface area contributed by atoms with Gasteiger partial charge < -0.3 is 0 Å². The van der Waals surface area contributed by atoms with Gasteiger partial charge in [0.1, 0.15) is 5.82 Å². The molecule has 3 nitrogen and oxygen atoms in total. The van der Waals surface area contributed by atoms with Gasteiger partial charge in [-0.05, 0) is 0 Å². The van der Waals surface area contributed by atoms with Crippen LogP contribution in [0.25, 0.3) is 0 Å². The number of rotatable bonds is 2. The highest BCUT2D eigenvalue weighted by molar-refractivity contribution is 8.07. The average Bonchev–Trinajstić information content (AvgIpc) is 2.70. The zero-order valence-electron chi connectivity index (χ0n) is 8.74. The number of hydrogen-bond acceptors (Lipinski definition) is 4. The van der Waals surface area contributed by atoms with Crippen LogP contribution in [0.4, 0.5) is 0 Å². The first-order valence-electron chi connectivity index (χ1n) is 4.95. The molecular weight excluding hydrogens is 250 g/mol. The van der Waals surface area contributed by atoms with Crippen molar-refractivity contribution in [2.45, 2.75) is 35.5 Å². The van der Waals surface area contributed by atoms with Crippen LogP contribution in [0, 0.1) is 0 Å². The number of thioether (sulfide) groups is 2. The van der Waals surface area contributed by atoms with Crippen molar-refractivity contribution < 1.29 is 0 Å². The Morgan fingerprint density at radius 3 is 2.87 bits per heavy atom. The van der Waals surface area contributed by atoms with Gasteiger partial charge in [0.2, 0.25) is 0 Å². The summed E-state index contributed by atoms with van der Waals surface area (Å²) in [5, 5.41) is 8.87. The molecule has 1 fully saturated rings. The number of H-pyrrole nitrogens is 1. The van der Waals surface area contributed by atoms with Crippen molar-refractivity contribution in [3.05, 3.63) is 11.6 Å². The summed E-state index contributed by atoms with van der Waals surface area (Å²) in [5.74, 6) is 3.17. The van der Waals surface area contributed by atoms with Crippen LogP contribution in [-0.4, -0.2) is 31.4 Å². The molecule has 0 radical (unpaired) electrons. The highest BCUT2D eigenvalue weighted by atomic mass is 35.5. The average molecular weight is 264 g/mol. The third kappa shape index (κ3) is 2.63. The third-order valence-electron chi connectivity index (χ3n) is 2.51. The molecule has 3 unspecified atom stereocenters. The van der Waals surface area contributed by atoms with Crippen molar-refractivity contribution in [3.8, 4) is 0 Å². The Labute approximate surface area is 103 Å². The lowest BCUT2D eigenvalue weighted by Gasteiger charge is -2.29. The number of alkyl halides is 1. The van der Waals surface area contributed by atoms with Crippen LogP contribution in [0.5, 0.6) is 0 Å². The molecule has 0 aromatic carbocycles. The lowest BCUT2D eigenvalue weighted by molar-refractivity contribution is 0.863. The van der Waals surface area contributed by atoms with E-state index in [-0.39, 0.29) is 0 Å². The van der Waals surface area contributed by atoms with Gasteiger partial charge in [0.25, 0.3) is 0 Å². The van der Waals surface area contributed by atoms with Crippen molar-refractivity contribution >= 4 is 35.1 Å². The van der Waals surface area contributed by atoms with Gasteiger partial charge in [0.05, 0.1) is 11.1 Å².